The van der Waals surface area contributed by atoms with Crippen molar-refractivity contribution in [3.63, 3.8) is 0 Å². The minimum atomic E-state index is -1.61. The van der Waals surface area contributed by atoms with Gasteiger partial charge in [-0.25, -0.2) is 0 Å². The minimum absolute atomic E-state index is 0.0439. The summed E-state index contributed by atoms with van der Waals surface area (Å²) >= 11 is 0.970. The van der Waals surface area contributed by atoms with Crippen LogP contribution in [0, 0.1) is 13.8 Å². The van der Waals surface area contributed by atoms with Crippen molar-refractivity contribution in [2.24, 2.45) is 0 Å². The smallest absolute Gasteiger partial charge is 0.229 e. The molecule has 0 spiro atoms. The molecular weight excluding hydrogens is 508 g/mol. The van der Waals surface area contributed by atoms with E-state index in [1.54, 1.807) is 20.1 Å². The molecule has 6 N–H and O–H groups in total. The summed E-state index contributed by atoms with van der Waals surface area (Å²) in [5.74, 6) is 0.0704. The van der Waals surface area contributed by atoms with Crippen molar-refractivity contribution >= 4 is 16.9 Å². The number of carbonyl (C=O) groups is 1. The molecule has 2 aliphatic rings. The Labute approximate surface area is 220 Å². The number of benzene rings is 1. The lowest BCUT2D eigenvalue weighted by Gasteiger charge is -2.40. The summed E-state index contributed by atoms with van der Waals surface area (Å²) in [6.07, 6.45) is -11.7. The largest absolute Gasteiger partial charge is 0.461 e. The van der Waals surface area contributed by atoms with Crippen LogP contribution < -0.4 is 9.47 Å². The first kappa shape index (κ1) is 30.1. The van der Waals surface area contributed by atoms with Crippen molar-refractivity contribution < 1.29 is 54.4 Å². The van der Waals surface area contributed by atoms with Crippen LogP contribution in [0.3, 0.4) is 0 Å². The number of thioether (sulfide) groups is 1. The average molecular weight is 547 g/mol. The second-order valence-corrected chi connectivity index (χ2v) is 10.7. The van der Waals surface area contributed by atoms with Crippen LogP contribution in [-0.2, 0) is 9.47 Å². The molecule has 0 aliphatic carbocycles. The van der Waals surface area contributed by atoms with Crippen LogP contribution in [0.5, 0.6) is 11.5 Å². The van der Waals surface area contributed by atoms with Crippen molar-refractivity contribution in [1.82, 2.24) is 0 Å². The first-order valence-electron chi connectivity index (χ1n) is 12.2. The third kappa shape index (κ3) is 5.63. The molecule has 1 aromatic rings. The minimum Gasteiger partial charge on any atom is -0.461 e. The highest BCUT2D eigenvalue weighted by Crippen LogP contribution is 2.44. The fraction of sp³-hybridized carbons (Fsp3) is 0.720. The zero-order valence-electron chi connectivity index (χ0n) is 22.0. The maximum Gasteiger partial charge on any atom is 0.229 e. The van der Waals surface area contributed by atoms with Crippen LogP contribution in [0.4, 0.5) is 0 Å². The predicted octanol–water partition coefficient (Wildman–Crippen LogP) is 0.343. The monoisotopic (exact) mass is 546 g/mol. The Morgan fingerprint density at radius 1 is 0.757 bits per heavy atom. The molecule has 0 bridgehead atoms. The molecule has 2 saturated heterocycles. The van der Waals surface area contributed by atoms with E-state index >= 15 is 0 Å². The van der Waals surface area contributed by atoms with Crippen LogP contribution in [0.15, 0.2) is 0 Å². The molecular formula is C25H38O11S. The Morgan fingerprint density at radius 3 is 1.59 bits per heavy atom. The molecule has 37 heavy (non-hydrogen) atoms. The molecule has 2 heterocycles. The van der Waals surface area contributed by atoms with Gasteiger partial charge in [0.2, 0.25) is 17.7 Å². The molecule has 10 atom stereocenters. The van der Waals surface area contributed by atoms with E-state index in [1.807, 2.05) is 13.8 Å². The van der Waals surface area contributed by atoms with E-state index < -0.39 is 61.4 Å². The number of ether oxygens (including phenoxy) is 4. The highest BCUT2D eigenvalue weighted by Gasteiger charge is 2.46. The van der Waals surface area contributed by atoms with Gasteiger partial charge in [0.25, 0.3) is 0 Å². The maximum atomic E-state index is 13.2. The first-order chi connectivity index (χ1) is 17.2. The van der Waals surface area contributed by atoms with Gasteiger partial charge in [-0.1, -0.05) is 25.6 Å². The van der Waals surface area contributed by atoms with E-state index in [-0.39, 0.29) is 28.1 Å². The normalized spacial score (nSPS) is 36.5. The highest BCUT2D eigenvalue weighted by molar-refractivity contribution is 8.13. The summed E-state index contributed by atoms with van der Waals surface area (Å²) < 4.78 is 23.4. The number of carbonyl (C=O) groups excluding carboxylic acids is 1. The lowest BCUT2D eigenvalue weighted by Crippen LogP contribution is -2.58. The highest BCUT2D eigenvalue weighted by atomic mass is 32.2. The Morgan fingerprint density at radius 2 is 1.19 bits per heavy atom. The summed E-state index contributed by atoms with van der Waals surface area (Å²) in [5.41, 5.74) is 1.73. The summed E-state index contributed by atoms with van der Waals surface area (Å²) in [7, 11) is 0. The SMILES string of the molecule is CSC(=O)c1c(O[C@@H]2O[C@@H](C)[C@H](O)[C@@H](O)[C@H]2O)c(C)c(O[C@@H]2O[C@@H](C)[C@H](O)[C@@H](O)[C@H]2O)c(C)c1C(C)C. The first-order valence-corrected chi connectivity index (χ1v) is 13.4. The Hall–Kier alpha value is -1.48. The standard InChI is InChI=1S/C25H38O11S/c1-8(2)13-9(3)21(35-24-19(30)17(28)15(26)11(5)33-24)10(4)22(14(13)23(32)37-7)36-25-20(31)18(29)16(27)12(6)34-25/h8,11-12,15-20,24-31H,1-7H3/t11-,12-,15-,16-,17+,18+,19+,20+,24-,25-/m0/s1. The van der Waals surface area contributed by atoms with Crippen molar-refractivity contribution in [1.29, 1.82) is 0 Å². The third-order valence-corrected chi connectivity index (χ3v) is 7.55. The Kier molecular flexibility index (Phi) is 9.53. The van der Waals surface area contributed by atoms with E-state index in [0.29, 0.717) is 16.7 Å². The second-order valence-electron chi connectivity index (χ2n) is 9.94. The van der Waals surface area contributed by atoms with Gasteiger partial charge in [-0.2, -0.15) is 0 Å². The zero-order chi connectivity index (χ0) is 27.9. The van der Waals surface area contributed by atoms with Crippen molar-refractivity contribution in [3.8, 4) is 11.5 Å². The predicted molar refractivity (Wildman–Crippen MR) is 134 cm³/mol. The molecule has 1 aromatic carbocycles. The summed E-state index contributed by atoms with van der Waals surface area (Å²) in [6, 6.07) is 0. The quantitative estimate of drug-likeness (QED) is 0.289. The Bertz CT molecular complexity index is 986. The van der Waals surface area contributed by atoms with Gasteiger partial charge < -0.3 is 49.6 Å². The molecule has 3 rings (SSSR count). The van der Waals surface area contributed by atoms with Crippen LogP contribution in [0.1, 0.15) is 60.7 Å². The average Bonchev–Trinajstić information content (AvgIpc) is 2.85. The number of aliphatic hydroxyl groups is 6. The van der Waals surface area contributed by atoms with Gasteiger partial charge in [-0.3, -0.25) is 4.79 Å². The number of hydrogen-bond acceptors (Lipinski definition) is 12. The van der Waals surface area contributed by atoms with Crippen molar-refractivity contribution in [2.45, 2.75) is 109 Å². The number of hydrogen-bond donors (Lipinski definition) is 6. The fourth-order valence-corrected chi connectivity index (χ4v) is 5.22. The van der Waals surface area contributed by atoms with Gasteiger partial charge in [0, 0.05) is 5.56 Å². The van der Waals surface area contributed by atoms with Crippen LogP contribution in [-0.4, -0.2) is 103 Å². The van der Waals surface area contributed by atoms with Gasteiger partial charge >= 0.3 is 0 Å². The van der Waals surface area contributed by atoms with Gasteiger partial charge in [-0.05, 0) is 51.0 Å². The molecule has 0 aromatic heterocycles. The maximum absolute atomic E-state index is 13.2. The number of aliphatic hydroxyl groups excluding tert-OH is 6. The van der Waals surface area contributed by atoms with Gasteiger partial charge in [0.05, 0.1) is 17.8 Å². The van der Waals surface area contributed by atoms with Crippen LogP contribution in [0.2, 0.25) is 0 Å². The van der Waals surface area contributed by atoms with Gasteiger partial charge in [0.1, 0.15) is 48.1 Å². The molecule has 0 radical (unpaired) electrons. The molecule has 0 amide bonds. The molecule has 12 heteroatoms. The lowest BCUT2D eigenvalue weighted by atomic mass is 9.89. The van der Waals surface area contributed by atoms with E-state index in [4.69, 9.17) is 18.9 Å². The van der Waals surface area contributed by atoms with E-state index in [0.717, 1.165) is 11.8 Å². The molecule has 210 valence electrons. The van der Waals surface area contributed by atoms with Crippen molar-refractivity contribution in [3.05, 3.63) is 22.3 Å². The Balaban J connectivity index is 2.14. The summed E-state index contributed by atoms with van der Waals surface area (Å²) in [5, 5.41) is 61.4. The van der Waals surface area contributed by atoms with Gasteiger partial charge in [-0.15, -0.1) is 0 Å². The molecule has 2 fully saturated rings. The fourth-order valence-electron chi connectivity index (χ4n) is 4.81. The molecule has 0 saturated carbocycles. The van der Waals surface area contributed by atoms with E-state index in [1.165, 1.54) is 13.8 Å². The molecule has 11 nitrogen and oxygen atoms in total. The van der Waals surface area contributed by atoms with Crippen LogP contribution >= 0.6 is 11.8 Å². The summed E-state index contributed by atoms with van der Waals surface area (Å²) in [6.45, 7) is 10.2. The molecule has 2 aliphatic heterocycles. The van der Waals surface area contributed by atoms with Crippen molar-refractivity contribution in [2.75, 3.05) is 6.26 Å². The van der Waals surface area contributed by atoms with Gasteiger partial charge in [0.15, 0.2) is 0 Å². The summed E-state index contributed by atoms with van der Waals surface area (Å²) in [4.78, 5) is 13.2. The zero-order valence-corrected chi connectivity index (χ0v) is 22.8. The second kappa shape index (κ2) is 11.7. The third-order valence-electron chi connectivity index (χ3n) is 6.97. The number of rotatable bonds is 6. The van der Waals surface area contributed by atoms with E-state index in [2.05, 4.69) is 0 Å². The van der Waals surface area contributed by atoms with Crippen LogP contribution in [0.25, 0.3) is 0 Å². The van der Waals surface area contributed by atoms with E-state index in [9.17, 15) is 35.4 Å². The molecule has 0 unspecified atom stereocenters. The lowest BCUT2D eigenvalue weighted by molar-refractivity contribution is -0.269. The topological polar surface area (TPSA) is 175 Å².